The van der Waals surface area contributed by atoms with Crippen molar-refractivity contribution in [1.29, 1.82) is 0 Å². The van der Waals surface area contributed by atoms with Gasteiger partial charge in [0.25, 0.3) is 0 Å². The molecule has 0 saturated heterocycles. The number of hydrogen-bond donors (Lipinski definition) is 1. The molecule has 5 heteroatoms. The van der Waals surface area contributed by atoms with Crippen molar-refractivity contribution in [1.82, 2.24) is 15.0 Å². The molecule has 2 N–H and O–H groups in total. The van der Waals surface area contributed by atoms with E-state index in [-0.39, 0.29) is 6.04 Å². The fourth-order valence-electron chi connectivity index (χ4n) is 1.02. The van der Waals surface area contributed by atoms with Crippen molar-refractivity contribution in [2.75, 3.05) is 0 Å². The van der Waals surface area contributed by atoms with Crippen molar-refractivity contribution in [3.05, 3.63) is 23.0 Å². The summed E-state index contributed by atoms with van der Waals surface area (Å²) in [5, 5.41) is 7.66. The van der Waals surface area contributed by atoms with Crippen LogP contribution in [-0.2, 0) is 7.05 Å². The Morgan fingerprint density at radius 3 is 2.92 bits per heavy atom. The van der Waals surface area contributed by atoms with E-state index in [4.69, 9.17) is 5.73 Å². The van der Waals surface area contributed by atoms with Crippen LogP contribution in [0.5, 0.6) is 0 Å². The molecule has 0 aliphatic heterocycles. The molecule has 1 unspecified atom stereocenters. The monoisotopic (exact) mass is 230 g/mol. The molecule has 1 aromatic heterocycles. The molecule has 1 heterocycles. The molecule has 0 bridgehead atoms. The summed E-state index contributed by atoms with van der Waals surface area (Å²) in [4.78, 5) is 0. The van der Waals surface area contributed by atoms with Crippen molar-refractivity contribution in [2.45, 2.75) is 12.5 Å². The summed E-state index contributed by atoms with van der Waals surface area (Å²) >= 11 is 3.28. The van der Waals surface area contributed by atoms with Gasteiger partial charge in [-0.1, -0.05) is 11.3 Å². The van der Waals surface area contributed by atoms with Crippen LogP contribution < -0.4 is 5.73 Å². The van der Waals surface area contributed by atoms with E-state index in [1.807, 2.05) is 7.05 Å². The summed E-state index contributed by atoms with van der Waals surface area (Å²) in [5.74, 6) is 0. The van der Waals surface area contributed by atoms with E-state index in [1.165, 1.54) is 0 Å². The summed E-state index contributed by atoms with van der Waals surface area (Å²) in [6.45, 7) is 3.62. The van der Waals surface area contributed by atoms with Gasteiger partial charge in [0.2, 0.25) is 0 Å². The van der Waals surface area contributed by atoms with Crippen LogP contribution in [0.25, 0.3) is 0 Å². The quantitative estimate of drug-likeness (QED) is 0.794. The third-order valence-corrected chi connectivity index (χ3v) is 2.16. The molecule has 0 spiro atoms. The molecule has 4 nitrogen and oxygen atoms in total. The van der Waals surface area contributed by atoms with E-state index in [0.29, 0.717) is 4.60 Å². The number of hydrogen-bond acceptors (Lipinski definition) is 3. The van der Waals surface area contributed by atoms with Crippen LogP contribution >= 0.6 is 15.9 Å². The van der Waals surface area contributed by atoms with Gasteiger partial charge in [0.05, 0.1) is 11.7 Å². The smallest absolute Gasteiger partial charge is 0.153 e. The molecule has 1 rings (SSSR count). The number of aryl methyl sites for hydroxylation is 1. The third kappa shape index (κ3) is 1.73. The average molecular weight is 231 g/mol. The van der Waals surface area contributed by atoms with E-state index in [9.17, 15) is 0 Å². The average Bonchev–Trinajstić information content (AvgIpc) is 2.32. The molecule has 0 amide bonds. The van der Waals surface area contributed by atoms with E-state index >= 15 is 0 Å². The van der Waals surface area contributed by atoms with Crippen LogP contribution in [0, 0.1) is 0 Å². The Hall–Kier alpha value is -0.680. The van der Waals surface area contributed by atoms with Gasteiger partial charge in [0, 0.05) is 7.05 Å². The molecular formula is C7H11BrN4. The number of nitrogens with two attached hydrogens (primary N) is 1. The van der Waals surface area contributed by atoms with Gasteiger partial charge in [-0.15, -0.1) is 11.7 Å². The topological polar surface area (TPSA) is 56.7 Å². The highest BCUT2D eigenvalue weighted by Gasteiger charge is 2.14. The lowest BCUT2D eigenvalue weighted by Gasteiger charge is -2.08. The van der Waals surface area contributed by atoms with Crippen LogP contribution in [-0.4, -0.2) is 15.0 Å². The largest absolute Gasteiger partial charge is 0.322 e. The molecule has 0 fully saturated rings. The lowest BCUT2D eigenvalue weighted by molar-refractivity contribution is 0.613. The first-order valence-corrected chi connectivity index (χ1v) is 4.37. The molecule has 0 saturated carbocycles. The van der Waals surface area contributed by atoms with Crippen LogP contribution in [0.3, 0.4) is 0 Å². The van der Waals surface area contributed by atoms with Crippen molar-refractivity contribution < 1.29 is 0 Å². The fraction of sp³-hybridized carbons (Fsp3) is 0.429. The maximum Gasteiger partial charge on any atom is 0.153 e. The molecule has 12 heavy (non-hydrogen) atoms. The van der Waals surface area contributed by atoms with E-state index in [0.717, 1.165) is 12.1 Å². The van der Waals surface area contributed by atoms with Gasteiger partial charge in [0.15, 0.2) is 4.60 Å². The van der Waals surface area contributed by atoms with Crippen LogP contribution in [0.15, 0.2) is 17.3 Å². The Bertz CT molecular complexity index is 261. The van der Waals surface area contributed by atoms with Crippen LogP contribution in [0.2, 0.25) is 0 Å². The highest BCUT2D eigenvalue weighted by Crippen LogP contribution is 2.20. The zero-order chi connectivity index (χ0) is 9.14. The molecule has 66 valence electrons. The lowest BCUT2D eigenvalue weighted by atomic mass is 10.1. The minimum atomic E-state index is -0.0862. The molecule has 0 aromatic carbocycles. The molecule has 0 aliphatic rings. The Morgan fingerprint density at radius 2 is 2.50 bits per heavy atom. The van der Waals surface area contributed by atoms with Crippen LogP contribution in [0.1, 0.15) is 18.2 Å². The Balaban J connectivity index is 2.92. The second kappa shape index (κ2) is 3.82. The Kier molecular flexibility index (Phi) is 2.99. The SMILES string of the molecule is C=CCC(N)c1c(Br)nnn1C. The number of nitrogens with zero attached hydrogens (tertiary/aromatic N) is 3. The van der Waals surface area contributed by atoms with Crippen molar-refractivity contribution in [3.8, 4) is 0 Å². The van der Waals surface area contributed by atoms with E-state index < -0.39 is 0 Å². The molecular weight excluding hydrogens is 220 g/mol. The van der Waals surface area contributed by atoms with Crippen molar-refractivity contribution in [3.63, 3.8) is 0 Å². The highest BCUT2D eigenvalue weighted by molar-refractivity contribution is 9.10. The van der Waals surface area contributed by atoms with Gasteiger partial charge in [-0.25, -0.2) is 4.68 Å². The molecule has 1 aromatic rings. The van der Waals surface area contributed by atoms with E-state index in [1.54, 1.807) is 10.8 Å². The predicted octanol–water partition coefficient (Wildman–Crippen LogP) is 1.15. The van der Waals surface area contributed by atoms with Gasteiger partial charge in [-0.3, -0.25) is 0 Å². The number of halogens is 1. The van der Waals surface area contributed by atoms with Crippen LogP contribution in [0.4, 0.5) is 0 Å². The fourth-order valence-corrected chi connectivity index (χ4v) is 1.65. The first kappa shape index (κ1) is 9.41. The molecule has 0 aliphatic carbocycles. The first-order chi connectivity index (χ1) is 5.66. The normalized spacial score (nSPS) is 12.9. The summed E-state index contributed by atoms with van der Waals surface area (Å²) < 4.78 is 2.37. The first-order valence-electron chi connectivity index (χ1n) is 3.58. The minimum absolute atomic E-state index is 0.0862. The molecule has 0 radical (unpaired) electrons. The zero-order valence-electron chi connectivity index (χ0n) is 6.87. The van der Waals surface area contributed by atoms with Crippen molar-refractivity contribution in [2.24, 2.45) is 12.8 Å². The van der Waals surface area contributed by atoms with Gasteiger partial charge in [0.1, 0.15) is 0 Å². The Labute approximate surface area is 79.6 Å². The summed E-state index contributed by atoms with van der Waals surface area (Å²) in [6.07, 6.45) is 2.50. The second-order valence-corrected chi connectivity index (χ2v) is 3.27. The summed E-state index contributed by atoms with van der Waals surface area (Å²) in [6, 6.07) is -0.0862. The number of rotatable bonds is 3. The predicted molar refractivity (Wildman–Crippen MR) is 50.4 cm³/mol. The van der Waals surface area contributed by atoms with Gasteiger partial charge >= 0.3 is 0 Å². The third-order valence-electron chi connectivity index (χ3n) is 1.60. The van der Waals surface area contributed by atoms with Gasteiger partial charge in [-0.2, -0.15) is 0 Å². The minimum Gasteiger partial charge on any atom is -0.322 e. The van der Waals surface area contributed by atoms with E-state index in [2.05, 4.69) is 32.8 Å². The number of aromatic nitrogens is 3. The maximum absolute atomic E-state index is 5.85. The standard InChI is InChI=1S/C7H11BrN4/c1-3-4-5(9)6-7(8)10-11-12(6)2/h3,5H,1,4,9H2,2H3. The van der Waals surface area contributed by atoms with Gasteiger partial charge < -0.3 is 5.73 Å². The van der Waals surface area contributed by atoms with Crippen molar-refractivity contribution >= 4 is 15.9 Å². The Morgan fingerprint density at radius 1 is 1.83 bits per heavy atom. The molecule has 1 atom stereocenters. The lowest BCUT2D eigenvalue weighted by Crippen LogP contribution is -2.14. The highest BCUT2D eigenvalue weighted by atomic mass is 79.9. The summed E-state index contributed by atoms with van der Waals surface area (Å²) in [5.41, 5.74) is 6.75. The summed E-state index contributed by atoms with van der Waals surface area (Å²) in [7, 11) is 1.82. The zero-order valence-corrected chi connectivity index (χ0v) is 8.45. The maximum atomic E-state index is 5.85. The van der Waals surface area contributed by atoms with Gasteiger partial charge in [-0.05, 0) is 22.4 Å². The second-order valence-electron chi connectivity index (χ2n) is 2.52.